The maximum atomic E-state index is 8.68. The average Bonchev–Trinajstić information content (AvgIpc) is 2.60. The van der Waals surface area contributed by atoms with Crippen LogP contribution in [0.25, 0.3) is 0 Å². The predicted octanol–water partition coefficient (Wildman–Crippen LogP) is 2.05. The molecule has 0 aromatic rings. The second-order valence-corrected chi connectivity index (χ2v) is 2.96. The number of hydrogen-bond acceptors (Lipinski definition) is 1. The van der Waals surface area contributed by atoms with Gasteiger partial charge in [0.25, 0.3) is 0 Å². The summed E-state index contributed by atoms with van der Waals surface area (Å²) in [7, 11) is 0. The molecule has 1 fully saturated rings. The standard InChI is InChI=1S/C10H9N/c11-7-10-8-5-3-1-2-4-6-9(8)10/h1-6,8-10H/b2-1-,5-3-,6-4?/t8-,9+,10?/m0/s1. The lowest BCUT2D eigenvalue weighted by molar-refractivity contribution is 0.993. The molecule has 54 valence electrons. The molecule has 1 unspecified atom stereocenters. The smallest absolute Gasteiger partial charge is 0.0668 e. The lowest BCUT2D eigenvalue weighted by Crippen LogP contribution is -1.72. The van der Waals surface area contributed by atoms with E-state index in [1.807, 2.05) is 24.3 Å². The van der Waals surface area contributed by atoms with Crippen molar-refractivity contribution in [3.63, 3.8) is 0 Å². The van der Waals surface area contributed by atoms with Crippen molar-refractivity contribution in [3.8, 4) is 6.07 Å². The lowest BCUT2D eigenvalue weighted by Gasteiger charge is -1.85. The molecule has 0 aliphatic heterocycles. The number of nitrogens with zero attached hydrogens (tertiary/aromatic N) is 1. The first kappa shape index (κ1) is 6.42. The third-order valence-electron chi connectivity index (χ3n) is 2.28. The summed E-state index contributed by atoms with van der Waals surface area (Å²) in [5.41, 5.74) is 0. The predicted molar refractivity (Wildman–Crippen MR) is 43.5 cm³/mol. The Hall–Kier alpha value is -1.29. The van der Waals surface area contributed by atoms with Crippen molar-refractivity contribution in [2.24, 2.45) is 17.8 Å². The van der Waals surface area contributed by atoms with Gasteiger partial charge in [-0.2, -0.15) is 5.26 Å². The molecule has 1 saturated carbocycles. The average molecular weight is 143 g/mol. The Morgan fingerprint density at radius 3 is 1.91 bits per heavy atom. The molecule has 0 bridgehead atoms. The molecular weight excluding hydrogens is 134 g/mol. The monoisotopic (exact) mass is 143 g/mol. The second-order valence-electron chi connectivity index (χ2n) is 2.96. The van der Waals surface area contributed by atoms with Crippen LogP contribution in [0.5, 0.6) is 0 Å². The van der Waals surface area contributed by atoms with Gasteiger partial charge in [0.1, 0.15) is 0 Å². The van der Waals surface area contributed by atoms with E-state index in [1.54, 1.807) is 0 Å². The molecule has 1 heteroatoms. The molecule has 2 rings (SSSR count). The van der Waals surface area contributed by atoms with Crippen LogP contribution in [-0.2, 0) is 0 Å². The van der Waals surface area contributed by atoms with Crippen molar-refractivity contribution in [1.29, 1.82) is 5.26 Å². The van der Waals surface area contributed by atoms with Gasteiger partial charge in [0.15, 0.2) is 0 Å². The number of fused-ring (bicyclic) bond motifs is 1. The summed E-state index contributed by atoms with van der Waals surface area (Å²) in [5.74, 6) is 1.21. The van der Waals surface area contributed by atoms with E-state index in [0.717, 1.165) is 0 Å². The van der Waals surface area contributed by atoms with Gasteiger partial charge in [-0.1, -0.05) is 36.5 Å². The van der Waals surface area contributed by atoms with Gasteiger partial charge in [0.2, 0.25) is 0 Å². The molecule has 0 aromatic carbocycles. The topological polar surface area (TPSA) is 23.8 Å². The quantitative estimate of drug-likeness (QED) is 0.509. The van der Waals surface area contributed by atoms with Crippen LogP contribution >= 0.6 is 0 Å². The molecule has 1 nitrogen and oxygen atoms in total. The minimum absolute atomic E-state index is 0.238. The zero-order valence-corrected chi connectivity index (χ0v) is 6.14. The Labute approximate surface area is 66.3 Å². The van der Waals surface area contributed by atoms with Gasteiger partial charge in [0.05, 0.1) is 12.0 Å². The molecule has 0 aromatic heterocycles. The van der Waals surface area contributed by atoms with Gasteiger partial charge in [-0.15, -0.1) is 0 Å². The maximum absolute atomic E-state index is 8.68. The summed E-state index contributed by atoms with van der Waals surface area (Å²) in [6.45, 7) is 0. The van der Waals surface area contributed by atoms with Crippen LogP contribution in [0, 0.1) is 29.1 Å². The third kappa shape index (κ3) is 1.01. The van der Waals surface area contributed by atoms with Crippen LogP contribution in [0.2, 0.25) is 0 Å². The van der Waals surface area contributed by atoms with E-state index in [2.05, 4.69) is 18.2 Å². The van der Waals surface area contributed by atoms with E-state index in [1.165, 1.54) is 0 Å². The highest BCUT2D eigenvalue weighted by molar-refractivity contribution is 5.28. The van der Waals surface area contributed by atoms with Crippen molar-refractivity contribution in [1.82, 2.24) is 0 Å². The van der Waals surface area contributed by atoms with Crippen LogP contribution in [0.15, 0.2) is 36.5 Å². The summed E-state index contributed by atoms with van der Waals surface area (Å²) < 4.78 is 0. The normalized spacial score (nSPS) is 44.5. The van der Waals surface area contributed by atoms with E-state index in [9.17, 15) is 0 Å². The number of nitriles is 1. The molecule has 0 amide bonds. The summed E-state index contributed by atoms with van der Waals surface area (Å²) in [6.07, 6.45) is 12.3. The Bertz CT molecular complexity index is 256. The first-order chi connectivity index (χ1) is 5.43. The van der Waals surface area contributed by atoms with E-state index in [4.69, 9.17) is 5.26 Å². The fraction of sp³-hybridized carbons (Fsp3) is 0.300. The van der Waals surface area contributed by atoms with Crippen molar-refractivity contribution in [2.75, 3.05) is 0 Å². The number of rotatable bonds is 0. The molecule has 2 aliphatic rings. The molecule has 0 radical (unpaired) electrons. The first-order valence-corrected chi connectivity index (χ1v) is 3.85. The Morgan fingerprint density at radius 2 is 1.45 bits per heavy atom. The molecule has 2 aliphatic carbocycles. The highest BCUT2D eigenvalue weighted by atomic mass is 14.5. The SMILES string of the molecule is N#CC1[C@H]2/C=C\C=C/C=C[C@@H]12. The Balaban J connectivity index is 2.20. The molecule has 0 spiro atoms. The molecule has 0 saturated heterocycles. The Morgan fingerprint density at radius 1 is 0.909 bits per heavy atom. The van der Waals surface area contributed by atoms with E-state index >= 15 is 0 Å². The van der Waals surface area contributed by atoms with E-state index < -0.39 is 0 Å². The van der Waals surface area contributed by atoms with Crippen molar-refractivity contribution < 1.29 is 0 Å². The van der Waals surface area contributed by atoms with E-state index in [-0.39, 0.29) is 5.92 Å². The number of allylic oxidation sites excluding steroid dienone is 6. The number of hydrogen-bond donors (Lipinski definition) is 0. The minimum atomic E-state index is 0.238. The highest BCUT2D eigenvalue weighted by Gasteiger charge is 2.46. The zero-order chi connectivity index (χ0) is 7.68. The minimum Gasteiger partial charge on any atom is -0.198 e. The van der Waals surface area contributed by atoms with Crippen molar-refractivity contribution in [3.05, 3.63) is 36.5 Å². The molecular formula is C10H9N. The lowest BCUT2D eigenvalue weighted by atomic mass is 10.2. The maximum Gasteiger partial charge on any atom is 0.0668 e. The molecule has 0 heterocycles. The van der Waals surface area contributed by atoms with Gasteiger partial charge in [-0.25, -0.2) is 0 Å². The zero-order valence-electron chi connectivity index (χ0n) is 6.14. The van der Waals surface area contributed by atoms with Crippen molar-refractivity contribution in [2.45, 2.75) is 0 Å². The van der Waals surface area contributed by atoms with Crippen LogP contribution < -0.4 is 0 Å². The second kappa shape index (κ2) is 2.39. The molecule has 0 N–H and O–H groups in total. The third-order valence-corrected chi connectivity index (χ3v) is 2.28. The van der Waals surface area contributed by atoms with Gasteiger partial charge < -0.3 is 0 Å². The first-order valence-electron chi connectivity index (χ1n) is 3.85. The van der Waals surface area contributed by atoms with Crippen molar-refractivity contribution >= 4 is 0 Å². The van der Waals surface area contributed by atoms with E-state index in [0.29, 0.717) is 11.8 Å². The summed E-state index contributed by atoms with van der Waals surface area (Å²) >= 11 is 0. The summed E-state index contributed by atoms with van der Waals surface area (Å²) in [5, 5.41) is 8.68. The molecule has 11 heavy (non-hydrogen) atoms. The van der Waals surface area contributed by atoms with Crippen LogP contribution in [-0.4, -0.2) is 0 Å². The van der Waals surface area contributed by atoms with Gasteiger partial charge in [-0.3, -0.25) is 0 Å². The van der Waals surface area contributed by atoms with Gasteiger partial charge in [-0.05, 0) is 0 Å². The van der Waals surface area contributed by atoms with Gasteiger partial charge >= 0.3 is 0 Å². The van der Waals surface area contributed by atoms with Crippen LogP contribution in [0.3, 0.4) is 0 Å². The van der Waals surface area contributed by atoms with Crippen LogP contribution in [0.4, 0.5) is 0 Å². The summed E-state index contributed by atoms with van der Waals surface area (Å²) in [4.78, 5) is 0. The highest BCUT2D eigenvalue weighted by Crippen LogP contribution is 2.48. The largest absolute Gasteiger partial charge is 0.198 e. The Kier molecular flexibility index (Phi) is 1.40. The fourth-order valence-corrected chi connectivity index (χ4v) is 1.54. The summed E-state index contributed by atoms with van der Waals surface area (Å²) in [6, 6.07) is 2.31. The van der Waals surface area contributed by atoms with Crippen LogP contribution in [0.1, 0.15) is 0 Å². The molecule has 3 atom stereocenters. The fourth-order valence-electron chi connectivity index (χ4n) is 1.54. The van der Waals surface area contributed by atoms with Gasteiger partial charge in [0, 0.05) is 11.8 Å².